The van der Waals surface area contributed by atoms with Gasteiger partial charge in [-0.2, -0.15) is 18.3 Å². The molecule has 3 aromatic rings. The largest absolute Gasteiger partial charge is 0.504 e. The predicted octanol–water partition coefficient (Wildman–Crippen LogP) is 4.32. The highest BCUT2D eigenvalue weighted by atomic mass is 19.4. The first-order valence-corrected chi connectivity index (χ1v) is 12.4. The number of hydrogen-bond acceptors (Lipinski definition) is 5. The summed E-state index contributed by atoms with van der Waals surface area (Å²) in [4.78, 5) is 26.3. The summed E-state index contributed by atoms with van der Waals surface area (Å²) in [7, 11) is 0. The van der Waals surface area contributed by atoms with Crippen LogP contribution in [0.1, 0.15) is 40.0 Å². The van der Waals surface area contributed by atoms with E-state index in [0.717, 1.165) is 32.4 Å². The molecule has 0 aliphatic carbocycles. The van der Waals surface area contributed by atoms with Crippen LogP contribution in [0.25, 0.3) is 5.69 Å². The summed E-state index contributed by atoms with van der Waals surface area (Å²) in [6, 6.07) is 13.4. The smallest absolute Gasteiger partial charge is 0.490 e. The molecule has 2 aromatic carbocycles. The first-order valence-electron chi connectivity index (χ1n) is 12.4. The number of carboxylic acids is 1. The van der Waals surface area contributed by atoms with Crippen molar-refractivity contribution in [3.8, 4) is 11.4 Å². The Morgan fingerprint density at radius 1 is 1.03 bits per heavy atom. The molecule has 8 nitrogen and oxygen atoms in total. The normalized spacial score (nSPS) is 16.3. The van der Waals surface area contributed by atoms with Gasteiger partial charge in [-0.15, -0.1) is 0 Å². The number of rotatable bonds is 3. The number of aromatic nitrogens is 2. The van der Waals surface area contributed by atoms with E-state index in [4.69, 9.17) is 9.90 Å². The van der Waals surface area contributed by atoms with Crippen molar-refractivity contribution in [2.75, 3.05) is 19.6 Å². The van der Waals surface area contributed by atoms with Crippen LogP contribution in [-0.4, -0.2) is 73.5 Å². The maximum atomic E-state index is 13.4. The van der Waals surface area contributed by atoms with Gasteiger partial charge >= 0.3 is 12.1 Å². The predicted molar refractivity (Wildman–Crippen MR) is 133 cm³/mol. The number of carbonyl (C=O) groups is 2. The highest BCUT2D eigenvalue weighted by molar-refractivity contribution is 5.95. The lowest BCUT2D eigenvalue weighted by atomic mass is 9.95. The summed E-state index contributed by atoms with van der Waals surface area (Å²) >= 11 is 0. The number of piperidine rings is 1. The van der Waals surface area contributed by atoms with E-state index < -0.39 is 12.1 Å². The van der Waals surface area contributed by atoms with E-state index >= 15 is 0 Å². The van der Waals surface area contributed by atoms with Crippen molar-refractivity contribution in [2.45, 2.75) is 44.9 Å². The molecule has 5 rings (SSSR count). The van der Waals surface area contributed by atoms with E-state index in [2.05, 4.69) is 34.3 Å². The lowest BCUT2D eigenvalue weighted by Crippen LogP contribution is -2.48. The van der Waals surface area contributed by atoms with Crippen LogP contribution in [0.4, 0.5) is 17.6 Å². The van der Waals surface area contributed by atoms with Crippen molar-refractivity contribution in [3.63, 3.8) is 0 Å². The molecule has 0 spiro atoms. The van der Waals surface area contributed by atoms with Crippen LogP contribution in [-0.2, 0) is 17.8 Å². The molecule has 2 N–H and O–H groups in total. The molecule has 2 aliphatic rings. The molecule has 0 unspecified atom stereocenters. The Hall–Kier alpha value is -3.93. The van der Waals surface area contributed by atoms with Crippen molar-refractivity contribution in [3.05, 3.63) is 76.9 Å². The minimum atomic E-state index is -5.08. The molecule has 1 saturated heterocycles. The van der Waals surface area contributed by atoms with Gasteiger partial charge in [-0.25, -0.2) is 13.9 Å². The molecule has 3 heterocycles. The number of nitrogens with zero attached hydrogens (tertiary/aromatic N) is 4. The van der Waals surface area contributed by atoms with Gasteiger partial charge in [-0.3, -0.25) is 9.69 Å². The topological polar surface area (TPSA) is 98.9 Å². The molecule has 0 radical (unpaired) electrons. The van der Waals surface area contributed by atoms with Crippen molar-refractivity contribution in [2.24, 2.45) is 0 Å². The summed E-state index contributed by atoms with van der Waals surface area (Å²) in [6.45, 7) is 5.07. The fourth-order valence-corrected chi connectivity index (χ4v) is 4.93. The van der Waals surface area contributed by atoms with Gasteiger partial charge in [0.25, 0.3) is 5.91 Å². The zero-order valence-electron chi connectivity index (χ0n) is 21.2. The molecule has 39 heavy (non-hydrogen) atoms. The van der Waals surface area contributed by atoms with E-state index in [1.165, 1.54) is 34.1 Å². The van der Waals surface area contributed by atoms with Crippen molar-refractivity contribution < 1.29 is 37.4 Å². The lowest BCUT2D eigenvalue weighted by Gasteiger charge is -2.40. The Morgan fingerprint density at radius 2 is 1.67 bits per heavy atom. The number of fused-ring (bicyclic) bond motifs is 1. The number of amides is 1. The number of carboxylic acid groups (broad SMARTS) is 1. The Bertz CT molecular complexity index is 1350. The minimum Gasteiger partial charge on any atom is -0.504 e. The average molecular weight is 549 g/mol. The van der Waals surface area contributed by atoms with E-state index in [0.29, 0.717) is 30.4 Å². The molecule has 0 bridgehead atoms. The van der Waals surface area contributed by atoms with Crippen LogP contribution < -0.4 is 0 Å². The molecule has 208 valence electrons. The third-order valence-electron chi connectivity index (χ3n) is 6.97. The molecule has 12 heteroatoms. The van der Waals surface area contributed by atoms with Crippen molar-refractivity contribution in [1.29, 1.82) is 0 Å². The first-order chi connectivity index (χ1) is 18.4. The second kappa shape index (κ2) is 11.4. The standard InChI is InChI=1S/C25H27FN4O2.C2HF3O2/c1-17-14-20(26)6-7-22(17)30-16-23(31)24(27-30)25(32)28-12-9-21(10-13-28)29-11-8-18-4-2-3-5-19(18)15-29;3-2(4,5)1(6)7/h2-7,14,16,21,31H,8-13,15H2,1H3;(H,6,7). The highest BCUT2D eigenvalue weighted by Crippen LogP contribution is 2.27. The van der Waals surface area contributed by atoms with E-state index in [9.17, 15) is 27.5 Å². The zero-order valence-corrected chi connectivity index (χ0v) is 21.2. The fraction of sp³-hybridized carbons (Fsp3) is 0.370. The maximum absolute atomic E-state index is 13.4. The van der Waals surface area contributed by atoms with Crippen molar-refractivity contribution >= 4 is 11.9 Å². The second-order valence-corrected chi connectivity index (χ2v) is 9.55. The summed E-state index contributed by atoms with van der Waals surface area (Å²) in [5.41, 5.74) is 4.20. The third kappa shape index (κ3) is 6.56. The van der Waals surface area contributed by atoms with Crippen LogP contribution in [0, 0.1) is 12.7 Å². The highest BCUT2D eigenvalue weighted by Gasteiger charge is 2.38. The number of hydrogen-bond donors (Lipinski definition) is 2. The summed E-state index contributed by atoms with van der Waals surface area (Å²) in [5.74, 6) is -3.51. The van der Waals surface area contributed by atoms with E-state index in [1.54, 1.807) is 17.9 Å². The monoisotopic (exact) mass is 548 g/mol. The van der Waals surface area contributed by atoms with Gasteiger partial charge in [-0.1, -0.05) is 24.3 Å². The average Bonchev–Trinajstić information content (AvgIpc) is 3.29. The number of halogens is 4. The Labute approximate surface area is 222 Å². The fourth-order valence-electron chi connectivity index (χ4n) is 4.93. The van der Waals surface area contributed by atoms with Crippen molar-refractivity contribution in [1.82, 2.24) is 19.6 Å². The van der Waals surface area contributed by atoms with Crippen LogP contribution in [0.5, 0.6) is 5.75 Å². The Morgan fingerprint density at radius 3 is 2.28 bits per heavy atom. The zero-order chi connectivity index (χ0) is 28.3. The summed E-state index contributed by atoms with van der Waals surface area (Å²) in [6.07, 6.45) is -0.784. The number of benzene rings is 2. The Balaban J connectivity index is 0.000000448. The van der Waals surface area contributed by atoms with Gasteiger partial charge in [-0.05, 0) is 61.1 Å². The molecule has 2 aliphatic heterocycles. The molecular formula is C27H28F4N4O4. The quantitative estimate of drug-likeness (QED) is 0.473. The Kier molecular flexibility index (Phi) is 8.24. The van der Waals surface area contributed by atoms with Gasteiger partial charge < -0.3 is 15.1 Å². The number of aryl methyl sites for hydroxylation is 1. The number of likely N-dealkylation sites (tertiary alicyclic amines) is 1. The van der Waals surface area contributed by atoms with Crippen LogP contribution >= 0.6 is 0 Å². The maximum Gasteiger partial charge on any atom is 0.490 e. The molecule has 1 amide bonds. The third-order valence-corrected chi connectivity index (χ3v) is 6.97. The molecule has 0 saturated carbocycles. The SMILES string of the molecule is Cc1cc(F)ccc1-n1cc(O)c(C(=O)N2CCC(N3CCc4ccccc4C3)CC2)n1.O=C(O)C(F)(F)F. The molecule has 0 atom stereocenters. The van der Waals surface area contributed by atoms with Gasteiger partial charge in [0.05, 0.1) is 11.9 Å². The summed E-state index contributed by atoms with van der Waals surface area (Å²) < 4.78 is 46.6. The van der Waals surface area contributed by atoms with Crippen LogP contribution in [0.3, 0.4) is 0 Å². The number of alkyl halides is 3. The number of aromatic hydroxyl groups is 1. The molecule has 1 fully saturated rings. The lowest BCUT2D eigenvalue weighted by molar-refractivity contribution is -0.192. The summed E-state index contributed by atoms with van der Waals surface area (Å²) in [5, 5.41) is 21.8. The van der Waals surface area contributed by atoms with Gasteiger partial charge in [0.2, 0.25) is 0 Å². The van der Waals surface area contributed by atoms with Gasteiger partial charge in [0.15, 0.2) is 11.4 Å². The number of aliphatic carboxylic acids is 1. The van der Waals surface area contributed by atoms with Gasteiger partial charge in [0.1, 0.15) is 5.82 Å². The number of carbonyl (C=O) groups excluding carboxylic acids is 1. The molecule has 1 aromatic heterocycles. The van der Waals surface area contributed by atoms with Gasteiger partial charge in [0, 0.05) is 32.2 Å². The van der Waals surface area contributed by atoms with Crippen LogP contribution in [0.15, 0.2) is 48.7 Å². The minimum absolute atomic E-state index is 0.0408. The van der Waals surface area contributed by atoms with E-state index in [1.807, 2.05) is 0 Å². The second-order valence-electron chi connectivity index (χ2n) is 9.55. The first kappa shape index (κ1) is 28.1. The van der Waals surface area contributed by atoms with Crippen LogP contribution in [0.2, 0.25) is 0 Å². The molecular weight excluding hydrogens is 520 g/mol. The van der Waals surface area contributed by atoms with E-state index in [-0.39, 0.29) is 23.2 Å².